The number of aliphatic hydroxyl groups is 1. The van der Waals surface area contributed by atoms with Gasteiger partial charge >= 0.3 is 5.69 Å². The Hall–Kier alpha value is -2.40. The Kier molecular flexibility index (Phi) is 4.00. The van der Waals surface area contributed by atoms with Gasteiger partial charge in [-0.25, -0.2) is 0 Å². The minimum absolute atomic E-state index is 0.157. The molecule has 0 fully saturated rings. The first-order valence-electron chi connectivity index (χ1n) is 6.14. The molecule has 1 N–H and O–H groups in total. The van der Waals surface area contributed by atoms with Crippen molar-refractivity contribution < 1.29 is 14.8 Å². The standard InChI is InChI=1S/C15H15NO4/c1-10-5-11(2)7-13(6-10)20-15-4-3-12(9-17)8-14(15)16(18)19/h3-8,17H,9H2,1-2H3. The second-order valence-electron chi connectivity index (χ2n) is 4.64. The van der Waals surface area contributed by atoms with Gasteiger partial charge in [-0.05, 0) is 48.7 Å². The number of aliphatic hydroxyl groups excluding tert-OH is 1. The summed E-state index contributed by atoms with van der Waals surface area (Å²) < 4.78 is 5.61. The fraction of sp³-hybridized carbons (Fsp3) is 0.200. The molecule has 0 aromatic heterocycles. The maximum absolute atomic E-state index is 11.1. The van der Waals surface area contributed by atoms with E-state index in [0.29, 0.717) is 11.3 Å². The third-order valence-corrected chi connectivity index (χ3v) is 2.83. The predicted octanol–water partition coefficient (Wildman–Crippen LogP) is 3.50. The number of aryl methyl sites for hydroxylation is 2. The molecule has 104 valence electrons. The van der Waals surface area contributed by atoms with Crippen LogP contribution in [0.5, 0.6) is 11.5 Å². The number of nitro groups is 1. The molecule has 0 heterocycles. The molecule has 5 nitrogen and oxygen atoms in total. The third-order valence-electron chi connectivity index (χ3n) is 2.83. The molecular formula is C15H15NO4. The number of rotatable bonds is 4. The molecule has 0 aliphatic rings. The van der Waals surface area contributed by atoms with Gasteiger partial charge in [0.25, 0.3) is 0 Å². The van der Waals surface area contributed by atoms with Crippen molar-refractivity contribution in [2.75, 3.05) is 0 Å². The number of nitro benzene ring substituents is 1. The van der Waals surface area contributed by atoms with E-state index in [4.69, 9.17) is 9.84 Å². The summed E-state index contributed by atoms with van der Waals surface area (Å²) in [5, 5.41) is 20.1. The first-order chi connectivity index (χ1) is 9.49. The molecule has 2 aromatic rings. The van der Waals surface area contributed by atoms with Gasteiger partial charge in [-0.15, -0.1) is 0 Å². The van der Waals surface area contributed by atoms with Crippen molar-refractivity contribution in [1.29, 1.82) is 0 Å². The molecular weight excluding hydrogens is 258 g/mol. The molecule has 20 heavy (non-hydrogen) atoms. The van der Waals surface area contributed by atoms with Crippen molar-refractivity contribution in [3.05, 3.63) is 63.2 Å². The van der Waals surface area contributed by atoms with Crippen LogP contribution in [-0.4, -0.2) is 10.0 Å². The van der Waals surface area contributed by atoms with E-state index in [1.165, 1.54) is 12.1 Å². The zero-order valence-electron chi connectivity index (χ0n) is 11.3. The summed E-state index contributed by atoms with van der Waals surface area (Å²) in [5.74, 6) is 0.722. The van der Waals surface area contributed by atoms with Crippen molar-refractivity contribution in [2.24, 2.45) is 0 Å². The Balaban J connectivity index is 2.39. The smallest absolute Gasteiger partial charge is 0.311 e. The average Bonchev–Trinajstić information content (AvgIpc) is 2.37. The number of nitrogens with zero attached hydrogens (tertiary/aromatic N) is 1. The summed E-state index contributed by atoms with van der Waals surface area (Å²) in [5.41, 5.74) is 2.37. The maximum atomic E-state index is 11.1. The molecule has 0 aliphatic heterocycles. The van der Waals surface area contributed by atoms with E-state index >= 15 is 0 Å². The van der Waals surface area contributed by atoms with Crippen LogP contribution >= 0.6 is 0 Å². The highest BCUT2D eigenvalue weighted by atomic mass is 16.6. The minimum Gasteiger partial charge on any atom is -0.450 e. The van der Waals surface area contributed by atoms with E-state index in [-0.39, 0.29) is 18.0 Å². The first kappa shape index (κ1) is 14.0. The average molecular weight is 273 g/mol. The van der Waals surface area contributed by atoms with Crippen molar-refractivity contribution in [3.63, 3.8) is 0 Å². The normalized spacial score (nSPS) is 10.3. The predicted molar refractivity (Wildman–Crippen MR) is 75.0 cm³/mol. The summed E-state index contributed by atoms with van der Waals surface area (Å²) in [6, 6.07) is 10.0. The summed E-state index contributed by atoms with van der Waals surface area (Å²) in [6.07, 6.45) is 0. The lowest BCUT2D eigenvalue weighted by Gasteiger charge is -2.09. The summed E-state index contributed by atoms with van der Waals surface area (Å²) in [4.78, 5) is 10.5. The Labute approximate surface area is 116 Å². The van der Waals surface area contributed by atoms with Gasteiger partial charge in [-0.1, -0.05) is 12.1 Å². The SMILES string of the molecule is Cc1cc(C)cc(Oc2ccc(CO)cc2[N+](=O)[O-])c1. The van der Waals surface area contributed by atoms with E-state index in [1.807, 2.05) is 32.0 Å². The van der Waals surface area contributed by atoms with Gasteiger partial charge < -0.3 is 9.84 Å². The zero-order chi connectivity index (χ0) is 14.7. The molecule has 0 saturated heterocycles. The molecule has 0 saturated carbocycles. The molecule has 0 amide bonds. The Bertz CT molecular complexity index is 632. The molecule has 0 radical (unpaired) electrons. The first-order valence-corrected chi connectivity index (χ1v) is 6.14. The molecule has 5 heteroatoms. The summed E-state index contributed by atoms with van der Waals surface area (Å²) in [6.45, 7) is 3.62. The van der Waals surface area contributed by atoms with Crippen LogP contribution in [0.3, 0.4) is 0 Å². The lowest BCUT2D eigenvalue weighted by Crippen LogP contribution is -1.96. The highest BCUT2D eigenvalue weighted by molar-refractivity contribution is 5.51. The lowest BCUT2D eigenvalue weighted by molar-refractivity contribution is -0.385. The minimum atomic E-state index is -0.517. The summed E-state index contributed by atoms with van der Waals surface area (Å²) in [7, 11) is 0. The second-order valence-corrected chi connectivity index (χ2v) is 4.64. The van der Waals surface area contributed by atoms with Crippen LogP contribution in [-0.2, 0) is 6.61 Å². The van der Waals surface area contributed by atoms with Crippen LogP contribution in [0.25, 0.3) is 0 Å². The van der Waals surface area contributed by atoms with Crippen molar-refractivity contribution in [1.82, 2.24) is 0 Å². The van der Waals surface area contributed by atoms with Gasteiger partial charge in [-0.2, -0.15) is 0 Å². The van der Waals surface area contributed by atoms with E-state index < -0.39 is 4.92 Å². The molecule has 0 aliphatic carbocycles. The highest BCUT2D eigenvalue weighted by Gasteiger charge is 2.16. The van der Waals surface area contributed by atoms with E-state index in [9.17, 15) is 10.1 Å². The van der Waals surface area contributed by atoms with Gasteiger partial charge in [0.15, 0.2) is 0 Å². The zero-order valence-corrected chi connectivity index (χ0v) is 11.3. The van der Waals surface area contributed by atoms with Crippen LogP contribution in [0.1, 0.15) is 16.7 Å². The number of ether oxygens (including phenoxy) is 1. The van der Waals surface area contributed by atoms with E-state index in [0.717, 1.165) is 11.1 Å². The van der Waals surface area contributed by atoms with Gasteiger partial charge in [0.2, 0.25) is 5.75 Å². The van der Waals surface area contributed by atoms with Crippen molar-refractivity contribution in [2.45, 2.75) is 20.5 Å². The largest absolute Gasteiger partial charge is 0.450 e. The monoisotopic (exact) mass is 273 g/mol. The second kappa shape index (κ2) is 5.71. The Morgan fingerprint density at radius 1 is 1.15 bits per heavy atom. The Morgan fingerprint density at radius 2 is 1.80 bits per heavy atom. The van der Waals surface area contributed by atoms with Crippen LogP contribution in [0.15, 0.2) is 36.4 Å². The molecule has 0 spiro atoms. The molecule has 2 rings (SSSR count). The van der Waals surface area contributed by atoms with Crippen LogP contribution in [0.2, 0.25) is 0 Å². The highest BCUT2D eigenvalue weighted by Crippen LogP contribution is 2.32. The summed E-state index contributed by atoms with van der Waals surface area (Å²) >= 11 is 0. The molecule has 0 unspecified atom stereocenters. The van der Waals surface area contributed by atoms with E-state index in [1.54, 1.807) is 6.07 Å². The molecule has 0 bridgehead atoms. The molecule has 2 aromatic carbocycles. The fourth-order valence-electron chi connectivity index (χ4n) is 2.01. The fourth-order valence-corrected chi connectivity index (χ4v) is 2.01. The molecule has 0 atom stereocenters. The third kappa shape index (κ3) is 3.13. The number of hydrogen-bond acceptors (Lipinski definition) is 4. The van der Waals surface area contributed by atoms with Gasteiger partial charge in [0.05, 0.1) is 11.5 Å². The van der Waals surface area contributed by atoms with Crippen molar-refractivity contribution >= 4 is 5.69 Å². The quantitative estimate of drug-likeness (QED) is 0.683. The number of hydrogen-bond donors (Lipinski definition) is 1. The van der Waals surface area contributed by atoms with Gasteiger partial charge in [0, 0.05) is 6.07 Å². The van der Waals surface area contributed by atoms with Crippen LogP contribution < -0.4 is 4.74 Å². The topological polar surface area (TPSA) is 72.6 Å². The number of benzene rings is 2. The van der Waals surface area contributed by atoms with Crippen LogP contribution in [0, 0.1) is 24.0 Å². The maximum Gasteiger partial charge on any atom is 0.311 e. The van der Waals surface area contributed by atoms with E-state index in [2.05, 4.69) is 0 Å². The van der Waals surface area contributed by atoms with Gasteiger partial charge in [-0.3, -0.25) is 10.1 Å². The van der Waals surface area contributed by atoms with Gasteiger partial charge in [0.1, 0.15) is 5.75 Å². The van der Waals surface area contributed by atoms with Crippen molar-refractivity contribution in [3.8, 4) is 11.5 Å². The Morgan fingerprint density at radius 3 is 2.35 bits per heavy atom. The van der Waals surface area contributed by atoms with Crippen LogP contribution in [0.4, 0.5) is 5.69 Å². The lowest BCUT2D eigenvalue weighted by atomic mass is 10.1.